The lowest BCUT2D eigenvalue weighted by atomic mass is 9.97. The van der Waals surface area contributed by atoms with Gasteiger partial charge in [-0.15, -0.1) is 0 Å². The molecule has 0 amide bonds. The van der Waals surface area contributed by atoms with E-state index in [1.54, 1.807) is 6.92 Å². The highest BCUT2D eigenvalue weighted by Crippen LogP contribution is 2.26. The Bertz CT molecular complexity index is 607. The molecule has 1 aliphatic heterocycles. The average Bonchev–Trinajstić information content (AvgIpc) is 2.68. The van der Waals surface area contributed by atoms with E-state index in [1.165, 1.54) is 18.2 Å². The van der Waals surface area contributed by atoms with Gasteiger partial charge in [0.15, 0.2) is 0 Å². The van der Waals surface area contributed by atoms with Gasteiger partial charge in [-0.2, -0.15) is 0 Å². The van der Waals surface area contributed by atoms with Crippen molar-refractivity contribution in [2.24, 2.45) is 0 Å². The first kappa shape index (κ1) is 15.5. The number of nitrogen functional groups attached to an aromatic ring is 1. The van der Waals surface area contributed by atoms with E-state index in [0.29, 0.717) is 18.1 Å². The lowest BCUT2D eigenvalue weighted by molar-refractivity contribution is -0.0228. The van der Waals surface area contributed by atoms with Gasteiger partial charge in [0.1, 0.15) is 10.5 Å². The Morgan fingerprint density at radius 1 is 1.60 bits per heavy atom. The number of nitrogens with one attached hydrogen (secondary N) is 1. The van der Waals surface area contributed by atoms with Crippen molar-refractivity contribution in [3.05, 3.63) is 23.2 Å². The molecule has 20 heavy (non-hydrogen) atoms. The largest absolute Gasteiger partial charge is 0.398 e. The third kappa shape index (κ3) is 3.07. The normalized spacial score (nSPS) is 26.9. The van der Waals surface area contributed by atoms with E-state index in [1.807, 2.05) is 0 Å². The molecule has 1 aromatic carbocycles. The number of aliphatic hydroxyl groups is 1. The average molecular weight is 321 g/mol. The molecule has 2 unspecified atom stereocenters. The molecule has 6 nitrogen and oxygen atoms in total. The molecule has 2 atom stereocenters. The van der Waals surface area contributed by atoms with Gasteiger partial charge in [0.05, 0.1) is 11.8 Å². The Labute approximate surface area is 122 Å². The van der Waals surface area contributed by atoms with Crippen LogP contribution in [0.15, 0.2) is 23.1 Å². The SMILES string of the molecule is CC1OCCC1(O)CNS(=O)(=O)c1ccc(Cl)cc1N. The predicted molar refractivity (Wildman–Crippen MR) is 76.0 cm³/mol. The molecule has 1 aromatic rings. The summed E-state index contributed by atoms with van der Waals surface area (Å²) in [7, 11) is -3.81. The van der Waals surface area contributed by atoms with Gasteiger partial charge in [-0.05, 0) is 25.1 Å². The van der Waals surface area contributed by atoms with Crippen LogP contribution in [0.1, 0.15) is 13.3 Å². The standard InChI is InChI=1S/C12H17ClN2O4S/c1-8-12(16,4-5-19-8)7-15-20(17,18)11-3-2-9(13)6-10(11)14/h2-3,6,8,15-16H,4-5,7,14H2,1H3. The molecular formula is C12H17ClN2O4S. The van der Waals surface area contributed by atoms with Gasteiger partial charge in [0.2, 0.25) is 10.0 Å². The molecule has 0 bridgehead atoms. The lowest BCUT2D eigenvalue weighted by Gasteiger charge is -2.26. The quantitative estimate of drug-likeness (QED) is 0.710. The number of benzene rings is 1. The predicted octanol–water partition coefficient (Wildman–Crippen LogP) is 0.740. The van der Waals surface area contributed by atoms with Crippen molar-refractivity contribution in [3.63, 3.8) is 0 Å². The summed E-state index contributed by atoms with van der Waals surface area (Å²) in [5, 5.41) is 10.6. The summed E-state index contributed by atoms with van der Waals surface area (Å²) in [5.41, 5.74) is 4.52. The molecular weight excluding hydrogens is 304 g/mol. The summed E-state index contributed by atoms with van der Waals surface area (Å²) < 4.78 is 32.0. The van der Waals surface area contributed by atoms with Crippen LogP contribution in [0.25, 0.3) is 0 Å². The minimum absolute atomic E-state index is 0.0583. The first-order chi connectivity index (χ1) is 9.24. The van der Waals surface area contributed by atoms with Crippen molar-refractivity contribution in [1.29, 1.82) is 0 Å². The zero-order valence-corrected chi connectivity index (χ0v) is 12.5. The Morgan fingerprint density at radius 3 is 2.85 bits per heavy atom. The number of sulfonamides is 1. The van der Waals surface area contributed by atoms with Gasteiger partial charge in [-0.1, -0.05) is 11.6 Å². The molecule has 8 heteroatoms. The fourth-order valence-corrected chi connectivity index (χ4v) is 3.46. The van der Waals surface area contributed by atoms with Crippen molar-refractivity contribution in [2.75, 3.05) is 18.9 Å². The zero-order valence-electron chi connectivity index (χ0n) is 11.0. The van der Waals surface area contributed by atoms with Crippen molar-refractivity contribution in [3.8, 4) is 0 Å². The molecule has 0 saturated carbocycles. The van der Waals surface area contributed by atoms with Crippen LogP contribution in [0.5, 0.6) is 0 Å². The smallest absolute Gasteiger partial charge is 0.242 e. The van der Waals surface area contributed by atoms with Gasteiger partial charge in [-0.25, -0.2) is 13.1 Å². The number of hydrogen-bond acceptors (Lipinski definition) is 5. The first-order valence-corrected chi connectivity index (χ1v) is 7.99. The summed E-state index contributed by atoms with van der Waals surface area (Å²) in [5.74, 6) is 0. The van der Waals surface area contributed by atoms with E-state index in [2.05, 4.69) is 4.72 Å². The van der Waals surface area contributed by atoms with Crippen LogP contribution in [-0.4, -0.2) is 38.4 Å². The highest BCUT2D eigenvalue weighted by molar-refractivity contribution is 7.89. The van der Waals surface area contributed by atoms with Crippen LogP contribution in [0.2, 0.25) is 5.02 Å². The van der Waals surface area contributed by atoms with Crippen molar-refractivity contribution < 1.29 is 18.3 Å². The Kier molecular flexibility index (Phi) is 4.27. The van der Waals surface area contributed by atoms with Crippen LogP contribution in [-0.2, 0) is 14.8 Å². The summed E-state index contributed by atoms with van der Waals surface area (Å²) in [4.78, 5) is -0.0583. The summed E-state index contributed by atoms with van der Waals surface area (Å²) >= 11 is 5.74. The Morgan fingerprint density at radius 2 is 2.30 bits per heavy atom. The molecule has 1 aliphatic rings. The molecule has 1 fully saturated rings. The molecule has 0 aromatic heterocycles. The molecule has 1 saturated heterocycles. The topological polar surface area (TPSA) is 102 Å². The number of anilines is 1. The lowest BCUT2D eigenvalue weighted by Crippen LogP contribution is -2.47. The van der Waals surface area contributed by atoms with Crippen LogP contribution >= 0.6 is 11.6 Å². The van der Waals surface area contributed by atoms with E-state index in [9.17, 15) is 13.5 Å². The van der Waals surface area contributed by atoms with E-state index in [4.69, 9.17) is 22.1 Å². The highest BCUT2D eigenvalue weighted by Gasteiger charge is 2.40. The molecule has 1 heterocycles. The van der Waals surface area contributed by atoms with Crippen LogP contribution in [0.3, 0.4) is 0 Å². The third-order valence-electron chi connectivity index (χ3n) is 3.49. The van der Waals surface area contributed by atoms with Gasteiger partial charge < -0.3 is 15.6 Å². The van der Waals surface area contributed by atoms with Crippen LogP contribution in [0, 0.1) is 0 Å². The number of hydrogen-bond donors (Lipinski definition) is 3. The van der Waals surface area contributed by atoms with Gasteiger partial charge in [-0.3, -0.25) is 0 Å². The third-order valence-corrected chi connectivity index (χ3v) is 5.20. The van der Waals surface area contributed by atoms with E-state index in [-0.39, 0.29) is 17.1 Å². The number of ether oxygens (including phenoxy) is 1. The second-order valence-electron chi connectivity index (χ2n) is 4.87. The van der Waals surface area contributed by atoms with Crippen LogP contribution in [0.4, 0.5) is 5.69 Å². The maximum atomic E-state index is 12.2. The van der Waals surface area contributed by atoms with Gasteiger partial charge >= 0.3 is 0 Å². The van der Waals surface area contributed by atoms with Gasteiger partial charge in [0, 0.05) is 24.6 Å². The molecule has 0 aliphatic carbocycles. The second kappa shape index (κ2) is 5.50. The van der Waals surface area contributed by atoms with Crippen molar-refractivity contribution >= 4 is 27.3 Å². The summed E-state index contributed by atoms with van der Waals surface area (Å²) in [6.07, 6.45) is -0.0416. The molecule has 0 radical (unpaired) electrons. The molecule has 0 spiro atoms. The van der Waals surface area contributed by atoms with Crippen molar-refractivity contribution in [1.82, 2.24) is 4.72 Å². The second-order valence-corrected chi connectivity index (χ2v) is 7.05. The molecule has 4 N–H and O–H groups in total. The number of nitrogens with two attached hydrogens (primary N) is 1. The number of rotatable bonds is 4. The minimum Gasteiger partial charge on any atom is -0.398 e. The minimum atomic E-state index is -3.81. The Balaban J connectivity index is 2.15. The van der Waals surface area contributed by atoms with Crippen LogP contribution < -0.4 is 10.5 Å². The Hall–Kier alpha value is -0.860. The highest BCUT2D eigenvalue weighted by atomic mass is 35.5. The first-order valence-electron chi connectivity index (χ1n) is 6.13. The van der Waals surface area contributed by atoms with E-state index in [0.717, 1.165) is 0 Å². The van der Waals surface area contributed by atoms with E-state index >= 15 is 0 Å². The van der Waals surface area contributed by atoms with Gasteiger partial charge in [0.25, 0.3) is 0 Å². The fourth-order valence-electron chi connectivity index (χ4n) is 2.06. The summed E-state index contributed by atoms with van der Waals surface area (Å²) in [6, 6.07) is 4.15. The maximum absolute atomic E-state index is 12.2. The summed E-state index contributed by atoms with van der Waals surface area (Å²) in [6.45, 7) is 1.99. The fraction of sp³-hybridized carbons (Fsp3) is 0.500. The van der Waals surface area contributed by atoms with Crippen molar-refractivity contribution in [2.45, 2.75) is 29.9 Å². The molecule has 112 valence electrons. The monoisotopic (exact) mass is 320 g/mol. The number of halogens is 1. The van der Waals surface area contributed by atoms with E-state index < -0.39 is 21.7 Å². The zero-order chi connectivity index (χ0) is 15.0. The maximum Gasteiger partial charge on any atom is 0.242 e. The molecule has 2 rings (SSSR count).